The van der Waals surface area contributed by atoms with Crippen molar-refractivity contribution >= 4 is 11.6 Å². The number of carbonyl (C=O) groups is 1. The van der Waals surface area contributed by atoms with Crippen LogP contribution in [0.3, 0.4) is 0 Å². The van der Waals surface area contributed by atoms with E-state index < -0.39 is 17.2 Å². The summed E-state index contributed by atoms with van der Waals surface area (Å²) in [7, 11) is 0. The van der Waals surface area contributed by atoms with Gasteiger partial charge in [-0.1, -0.05) is 0 Å². The molecule has 3 heterocycles. The number of rotatable bonds is 4. The maximum absolute atomic E-state index is 12.9. The number of H-pyrrole nitrogens is 1. The van der Waals surface area contributed by atoms with Crippen molar-refractivity contribution in [3.05, 3.63) is 81.0 Å². The summed E-state index contributed by atoms with van der Waals surface area (Å²) >= 11 is 0. The van der Waals surface area contributed by atoms with Gasteiger partial charge in [-0.2, -0.15) is 0 Å². The lowest BCUT2D eigenvalue weighted by Crippen LogP contribution is -2.50. The second-order valence-corrected chi connectivity index (χ2v) is 6.77. The second kappa shape index (κ2) is 7.70. The number of phenolic OH excluding ortho intramolecular Hbond substituents is 1. The average molecular weight is 396 g/mol. The fraction of sp³-hybridized carbons (Fsp3) is 0.250. The molecule has 2 aromatic heterocycles. The molecule has 1 aromatic carbocycles. The Morgan fingerprint density at radius 3 is 2.45 bits per heavy atom. The number of furan rings is 1. The largest absolute Gasteiger partial charge is 0.508 e. The molecular formula is C20H20N4O5. The molecule has 1 aliphatic heterocycles. The molecular weight excluding hydrogens is 376 g/mol. The van der Waals surface area contributed by atoms with Gasteiger partial charge in [-0.25, -0.2) is 4.79 Å². The SMILES string of the molecule is O=C(c1c[nH]c(=O)n(Cc2ccco2)c1=O)N1CCN(c2ccc(O)cc2)CC1. The van der Waals surface area contributed by atoms with E-state index in [1.807, 2.05) is 12.1 Å². The van der Waals surface area contributed by atoms with Crippen molar-refractivity contribution in [1.82, 2.24) is 14.5 Å². The number of nitrogens with zero attached hydrogens (tertiary/aromatic N) is 3. The van der Waals surface area contributed by atoms with Crippen molar-refractivity contribution in [2.75, 3.05) is 31.1 Å². The van der Waals surface area contributed by atoms with Crippen LogP contribution in [-0.4, -0.2) is 51.6 Å². The number of amides is 1. The number of phenols is 1. The zero-order valence-electron chi connectivity index (χ0n) is 15.6. The molecule has 9 nitrogen and oxygen atoms in total. The highest BCUT2D eigenvalue weighted by Crippen LogP contribution is 2.20. The van der Waals surface area contributed by atoms with Gasteiger partial charge in [-0.05, 0) is 36.4 Å². The van der Waals surface area contributed by atoms with Crippen LogP contribution in [0.5, 0.6) is 5.75 Å². The van der Waals surface area contributed by atoms with E-state index in [2.05, 4.69) is 9.88 Å². The minimum absolute atomic E-state index is 0.0447. The summed E-state index contributed by atoms with van der Waals surface area (Å²) in [5.74, 6) is 0.237. The Morgan fingerprint density at radius 2 is 1.79 bits per heavy atom. The van der Waals surface area contributed by atoms with Crippen LogP contribution in [0.1, 0.15) is 16.1 Å². The molecule has 4 rings (SSSR count). The molecule has 3 aromatic rings. The first-order valence-electron chi connectivity index (χ1n) is 9.21. The molecule has 0 aliphatic carbocycles. The molecule has 1 amide bonds. The number of hydrogen-bond acceptors (Lipinski definition) is 6. The van der Waals surface area contributed by atoms with Crippen LogP contribution in [-0.2, 0) is 6.54 Å². The van der Waals surface area contributed by atoms with Crippen LogP contribution >= 0.6 is 0 Å². The maximum atomic E-state index is 12.9. The molecule has 2 N–H and O–H groups in total. The van der Waals surface area contributed by atoms with E-state index in [4.69, 9.17) is 4.42 Å². The Balaban J connectivity index is 1.49. The normalized spacial score (nSPS) is 14.2. The minimum atomic E-state index is -0.642. The van der Waals surface area contributed by atoms with Gasteiger partial charge in [-0.3, -0.25) is 14.2 Å². The van der Waals surface area contributed by atoms with Gasteiger partial charge in [0.1, 0.15) is 17.1 Å². The molecule has 9 heteroatoms. The first-order chi connectivity index (χ1) is 14.0. The molecule has 0 bridgehead atoms. The molecule has 1 fully saturated rings. The van der Waals surface area contributed by atoms with Crippen LogP contribution in [0.15, 0.2) is 62.9 Å². The monoisotopic (exact) mass is 396 g/mol. The molecule has 0 spiro atoms. The Bertz CT molecular complexity index is 1110. The van der Waals surface area contributed by atoms with Gasteiger partial charge in [-0.15, -0.1) is 0 Å². The van der Waals surface area contributed by atoms with Crippen LogP contribution in [0.2, 0.25) is 0 Å². The van der Waals surface area contributed by atoms with E-state index >= 15 is 0 Å². The van der Waals surface area contributed by atoms with Crippen LogP contribution < -0.4 is 16.1 Å². The highest BCUT2D eigenvalue weighted by Gasteiger charge is 2.25. The van der Waals surface area contributed by atoms with Crippen molar-refractivity contribution < 1.29 is 14.3 Å². The number of hydrogen-bond donors (Lipinski definition) is 2. The van der Waals surface area contributed by atoms with E-state index in [0.29, 0.717) is 31.9 Å². The third-order valence-corrected chi connectivity index (χ3v) is 4.97. The highest BCUT2D eigenvalue weighted by atomic mass is 16.3. The van der Waals surface area contributed by atoms with Gasteiger partial charge in [0.15, 0.2) is 0 Å². The Morgan fingerprint density at radius 1 is 1.07 bits per heavy atom. The summed E-state index contributed by atoms with van der Waals surface area (Å²) in [6.07, 6.45) is 2.63. The molecule has 0 unspecified atom stereocenters. The zero-order chi connectivity index (χ0) is 20.4. The highest BCUT2D eigenvalue weighted by molar-refractivity contribution is 5.93. The smallest absolute Gasteiger partial charge is 0.328 e. The Hall–Kier alpha value is -3.75. The van der Waals surface area contributed by atoms with Crippen molar-refractivity contribution in [3.8, 4) is 5.75 Å². The van der Waals surface area contributed by atoms with E-state index in [1.54, 1.807) is 29.2 Å². The van der Waals surface area contributed by atoms with E-state index in [-0.39, 0.29) is 17.9 Å². The van der Waals surface area contributed by atoms with Gasteiger partial charge in [0.2, 0.25) is 0 Å². The summed E-state index contributed by atoms with van der Waals surface area (Å²) in [6, 6.07) is 10.2. The van der Waals surface area contributed by atoms with Crippen LogP contribution in [0.4, 0.5) is 5.69 Å². The fourth-order valence-electron chi connectivity index (χ4n) is 3.37. The molecule has 1 saturated heterocycles. The third-order valence-electron chi connectivity index (χ3n) is 4.97. The standard InChI is InChI=1S/C20H20N4O5/c25-15-5-3-14(4-6-15)22-7-9-23(10-8-22)18(26)17-12-21-20(28)24(19(17)27)13-16-2-1-11-29-16/h1-6,11-12,25H,7-10,13H2,(H,21,28). The Kier molecular flexibility index (Phi) is 4.94. The minimum Gasteiger partial charge on any atom is -0.508 e. The van der Waals surface area contributed by atoms with Crippen molar-refractivity contribution in [1.29, 1.82) is 0 Å². The van der Waals surface area contributed by atoms with Crippen molar-refractivity contribution in [2.24, 2.45) is 0 Å². The summed E-state index contributed by atoms with van der Waals surface area (Å²) in [5.41, 5.74) is -0.356. The first kappa shape index (κ1) is 18.6. The average Bonchev–Trinajstić information content (AvgIpc) is 3.25. The zero-order valence-corrected chi connectivity index (χ0v) is 15.6. The summed E-state index contributed by atoms with van der Waals surface area (Å²) in [4.78, 5) is 43.9. The Labute approximate surface area is 165 Å². The number of piperazine rings is 1. The van der Waals surface area contributed by atoms with Gasteiger partial charge in [0.25, 0.3) is 11.5 Å². The third kappa shape index (κ3) is 3.79. The lowest BCUT2D eigenvalue weighted by atomic mass is 10.2. The number of benzene rings is 1. The van der Waals surface area contributed by atoms with Crippen molar-refractivity contribution in [2.45, 2.75) is 6.54 Å². The lowest BCUT2D eigenvalue weighted by molar-refractivity contribution is 0.0743. The van der Waals surface area contributed by atoms with E-state index in [9.17, 15) is 19.5 Å². The predicted molar refractivity (Wildman–Crippen MR) is 105 cm³/mol. The second-order valence-electron chi connectivity index (χ2n) is 6.77. The van der Waals surface area contributed by atoms with Crippen molar-refractivity contribution in [3.63, 3.8) is 0 Å². The fourth-order valence-corrected chi connectivity index (χ4v) is 3.37. The van der Waals surface area contributed by atoms with Gasteiger partial charge in [0, 0.05) is 38.1 Å². The van der Waals surface area contributed by atoms with Gasteiger partial charge < -0.3 is 24.3 Å². The number of carbonyl (C=O) groups excluding carboxylic acids is 1. The molecule has 29 heavy (non-hydrogen) atoms. The van der Waals surface area contributed by atoms with Gasteiger partial charge in [0.05, 0.1) is 12.8 Å². The van der Waals surface area contributed by atoms with E-state index in [0.717, 1.165) is 10.3 Å². The number of aromatic hydroxyl groups is 1. The number of aromatic amines is 1. The van der Waals surface area contributed by atoms with Crippen LogP contribution in [0, 0.1) is 0 Å². The number of anilines is 1. The van der Waals surface area contributed by atoms with E-state index in [1.165, 1.54) is 12.5 Å². The quantitative estimate of drug-likeness (QED) is 0.676. The maximum Gasteiger partial charge on any atom is 0.328 e. The number of nitrogens with one attached hydrogen (secondary N) is 1. The summed E-state index contributed by atoms with van der Waals surface area (Å²) < 4.78 is 6.15. The lowest BCUT2D eigenvalue weighted by Gasteiger charge is -2.36. The first-order valence-corrected chi connectivity index (χ1v) is 9.21. The molecule has 0 saturated carbocycles. The summed E-state index contributed by atoms with van der Waals surface area (Å²) in [5, 5.41) is 9.41. The number of aromatic nitrogens is 2. The molecule has 1 aliphatic rings. The molecule has 0 radical (unpaired) electrons. The topological polar surface area (TPSA) is 112 Å². The predicted octanol–water partition coefficient (Wildman–Crippen LogP) is 0.846. The summed E-state index contributed by atoms with van der Waals surface area (Å²) in [6.45, 7) is 2.03. The molecule has 150 valence electrons. The van der Waals surface area contributed by atoms with Crippen LogP contribution in [0.25, 0.3) is 0 Å². The molecule has 0 atom stereocenters. The van der Waals surface area contributed by atoms with Gasteiger partial charge >= 0.3 is 5.69 Å².